The lowest BCUT2D eigenvalue weighted by molar-refractivity contribution is -0.137. The summed E-state index contributed by atoms with van der Waals surface area (Å²) in [5, 5.41) is 9.33. The van der Waals surface area contributed by atoms with Crippen molar-refractivity contribution in [2.24, 2.45) is 7.05 Å². The molecule has 2 heterocycles. The molecule has 7 nitrogen and oxygen atoms in total. The molecule has 2 rings (SSSR count). The Bertz CT molecular complexity index is 606. The number of nitrogens with zero attached hydrogens (tertiary/aromatic N) is 5. The number of aromatic nitrogens is 2. The zero-order chi connectivity index (χ0) is 16.1. The van der Waals surface area contributed by atoms with Crippen LogP contribution in [0.25, 0.3) is 6.08 Å². The Morgan fingerprint density at radius 3 is 2.64 bits per heavy atom. The zero-order valence-corrected chi connectivity index (χ0v) is 13.2. The van der Waals surface area contributed by atoms with Crippen LogP contribution in [-0.4, -0.2) is 60.3 Å². The van der Waals surface area contributed by atoms with Gasteiger partial charge in [-0.25, -0.2) is 9.78 Å². The summed E-state index contributed by atoms with van der Waals surface area (Å²) >= 11 is 0. The van der Waals surface area contributed by atoms with E-state index in [4.69, 9.17) is 4.74 Å². The van der Waals surface area contributed by atoms with Gasteiger partial charge in [-0.1, -0.05) is 0 Å². The molecule has 0 aliphatic carbocycles. The Morgan fingerprint density at radius 1 is 1.36 bits per heavy atom. The number of hydrogen-bond acceptors (Lipinski definition) is 6. The number of anilines is 1. The first-order chi connectivity index (χ1) is 10.6. The molecule has 118 valence electrons. The maximum Gasteiger partial charge on any atom is 0.330 e. The topological polar surface area (TPSA) is 74.4 Å². The predicted octanol–water partition coefficient (Wildman–Crippen LogP) is 0.620. The summed E-state index contributed by atoms with van der Waals surface area (Å²) in [6.07, 6.45) is 2.84. The fraction of sp³-hybridized carbons (Fsp3) is 0.533. The van der Waals surface area contributed by atoms with Gasteiger partial charge in [-0.05, 0) is 20.0 Å². The highest BCUT2D eigenvalue weighted by atomic mass is 16.5. The summed E-state index contributed by atoms with van der Waals surface area (Å²) in [5.41, 5.74) is 0.932. The number of hydrogen-bond donors (Lipinski definition) is 0. The van der Waals surface area contributed by atoms with E-state index >= 15 is 0 Å². The molecule has 0 bridgehead atoms. The van der Waals surface area contributed by atoms with Crippen LogP contribution in [-0.2, 0) is 16.6 Å². The van der Waals surface area contributed by atoms with Crippen LogP contribution in [0.1, 0.15) is 18.3 Å². The first kappa shape index (κ1) is 16.0. The van der Waals surface area contributed by atoms with E-state index < -0.39 is 5.97 Å². The minimum atomic E-state index is -0.432. The maximum absolute atomic E-state index is 11.4. The minimum Gasteiger partial charge on any atom is -0.463 e. The first-order valence-corrected chi connectivity index (χ1v) is 7.32. The number of esters is 1. The van der Waals surface area contributed by atoms with Gasteiger partial charge in [-0.3, -0.25) is 0 Å². The molecule has 22 heavy (non-hydrogen) atoms. The number of carbonyl (C=O) groups excluding carboxylic acids is 1. The molecule has 0 amide bonds. The van der Waals surface area contributed by atoms with Crippen molar-refractivity contribution < 1.29 is 9.53 Å². The molecule has 1 aromatic rings. The number of piperazine rings is 1. The summed E-state index contributed by atoms with van der Waals surface area (Å²) in [6, 6.07) is 2.15. The Labute approximate surface area is 130 Å². The molecule has 7 heteroatoms. The van der Waals surface area contributed by atoms with E-state index in [-0.39, 0.29) is 0 Å². The van der Waals surface area contributed by atoms with Crippen molar-refractivity contribution in [2.45, 2.75) is 6.92 Å². The lowest BCUT2D eigenvalue weighted by Crippen LogP contribution is -2.45. The predicted molar refractivity (Wildman–Crippen MR) is 83.3 cm³/mol. The van der Waals surface area contributed by atoms with E-state index in [0.29, 0.717) is 18.0 Å². The first-order valence-electron chi connectivity index (χ1n) is 7.32. The van der Waals surface area contributed by atoms with Crippen LogP contribution in [0.15, 0.2) is 6.08 Å². The van der Waals surface area contributed by atoms with Crippen LogP contribution < -0.4 is 4.90 Å². The number of imidazole rings is 1. The van der Waals surface area contributed by atoms with Crippen LogP contribution in [0.5, 0.6) is 0 Å². The Balaban J connectivity index is 2.23. The van der Waals surface area contributed by atoms with Gasteiger partial charge in [0.25, 0.3) is 0 Å². The third kappa shape index (κ3) is 3.46. The molecular formula is C15H21N5O2. The Hall–Kier alpha value is -2.33. The lowest BCUT2D eigenvalue weighted by atomic mass is 10.3. The molecule has 0 saturated carbocycles. The van der Waals surface area contributed by atoms with Gasteiger partial charge >= 0.3 is 5.97 Å². The number of likely N-dealkylation sites (N-methyl/N-ethyl adjacent to an activating group) is 1. The average Bonchev–Trinajstić information content (AvgIpc) is 2.82. The number of carbonyl (C=O) groups is 1. The highest BCUT2D eigenvalue weighted by Gasteiger charge is 2.21. The summed E-state index contributed by atoms with van der Waals surface area (Å²) in [6.45, 7) is 5.73. The van der Waals surface area contributed by atoms with E-state index in [1.165, 1.54) is 12.2 Å². The molecule has 0 spiro atoms. The van der Waals surface area contributed by atoms with Crippen molar-refractivity contribution in [2.75, 3.05) is 44.7 Å². The molecule has 0 radical (unpaired) electrons. The second kappa shape index (κ2) is 7.09. The van der Waals surface area contributed by atoms with Crippen LogP contribution in [0.2, 0.25) is 0 Å². The SMILES string of the molecule is CCOC(=O)/C=C/c1nc(N2CCN(C)CC2)n(C)c1C#N. The third-order valence-electron chi connectivity index (χ3n) is 3.65. The summed E-state index contributed by atoms with van der Waals surface area (Å²) in [5.74, 6) is 0.325. The van der Waals surface area contributed by atoms with E-state index in [2.05, 4.69) is 27.9 Å². The lowest BCUT2D eigenvalue weighted by Gasteiger charge is -2.32. The number of nitriles is 1. The zero-order valence-electron chi connectivity index (χ0n) is 13.2. The Kier molecular flexibility index (Phi) is 5.17. The second-order valence-electron chi connectivity index (χ2n) is 5.19. The molecule has 1 aromatic heterocycles. The van der Waals surface area contributed by atoms with Crippen LogP contribution in [0, 0.1) is 11.3 Å². The van der Waals surface area contributed by atoms with E-state index in [1.807, 2.05) is 7.05 Å². The smallest absolute Gasteiger partial charge is 0.330 e. The molecule has 1 fully saturated rings. The van der Waals surface area contributed by atoms with Gasteiger partial charge < -0.3 is 19.1 Å². The Morgan fingerprint density at radius 2 is 2.05 bits per heavy atom. The molecule has 0 unspecified atom stereocenters. The molecule has 1 aliphatic heterocycles. The van der Waals surface area contributed by atoms with Crippen molar-refractivity contribution in [3.63, 3.8) is 0 Å². The van der Waals surface area contributed by atoms with Gasteiger partial charge in [0.2, 0.25) is 5.95 Å². The fourth-order valence-electron chi connectivity index (χ4n) is 2.38. The highest BCUT2D eigenvalue weighted by Crippen LogP contribution is 2.20. The summed E-state index contributed by atoms with van der Waals surface area (Å²) < 4.78 is 6.62. The standard InChI is InChI=1S/C15H21N5O2/c1-4-22-14(21)6-5-12-13(11-16)19(3)15(17-12)20-9-7-18(2)8-10-20/h5-6H,4,7-10H2,1-3H3/b6-5+. The number of ether oxygens (including phenoxy) is 1. The van der Waals surface area contributed by atoms with Crippen molar-refractivity contribution in [3.8, 4) is 6.07 Å². The van der Waals surface area contributed by atoms with E-state index in [9.17, 15) is 10.1 Å². The van der Waals surface area contributed by atoms with E-state index in [1.54, 1.807) is 11.5 Å². The van der Waals surface area contributed by atoms with Crippen LogP contribution in [0.4, 0.5) is 5.95 Å². The van der Waals surface area contributed by atoms with E-state index in [0.717, 1.165) is 32.1 Å². The van der Waals surface area contributed by atoms with Gasteiger partial charge in [-0.15, -0.1) is 0 Å². The monoisotopic (exact) mass is 303 g/mol. The van der Waals surface area contributed by atoms with Gasteiger partial charge in [0.1, 0.15) is 17.5 Å². The number of rotatable bonds is 4. The molecule has 1 saturated heterocycles. The van der Waals surface area contributed by atoms with Gasteiger partial charge in [0, 0.05) is 39.3 Å². The van der Waals surface area contributed by atoms with Crippen molar-refractivity contribution >= 4 is 18.0 Å². The van der Waals surface area contributed by atoms with Gasteiger partial charge in [0.15, 0.2) is 0 Å². The summed E-state index contributed by atoms with van der Waals surface area (Å²) in [7, 11) is 3.91. The highest BCUT2D eigenvalue weighted by molar-refractivity contribution is 5.87. The van der Waals surface area contributed by atoms with Crippen LogP contribution >= 0.6 is 0 Å². The van der Waals surface area contributed by atoms with Gasteiger partial charge in [-0.2, -0.15) is 5.26 Å². The molecule has 0 atom stereocenters. The van der Waals surface area contributed by atoms with Crippen molar-refractivity contribution in [1.82, 2.24) is 14.5 Å². The molecular weight excluding hydrogens is 282 g/mol. The minimum absolute atomic E-state index is 0.322. The second-order valence-corrected chi connectivity index (χ2v) is 5.19. The molecule has 1 aliphatic rings. The third-order valence-corrected chi connectivity index (χ3v) is 3.65. The van der Waals surface area contributed by atoms with Crippen molar-refractivity contribution in [1.29, 1.82) is 5.26 Å². The van der Waals surface area contributed by atoms with Crippen LogP contribution in [0.3, 0.4) is 0 Å². The fourth-order valence-corrected chi connectivity index (χ4v) is 2.38. The normalized spacial score (nSPS) is 16.0. The quantitative estimate of drug-likeness (QED) is 0.599. The summed E-state index contributed by atoms with van der Waals surface area (Å²) in [4.78, 5) is 20.3. The maximum atomic E-state index is 11.4. The molecule has 0 aromatic carbocycles. The largest absolute Gasteiger partial charge is 0.463 e. The average molecular weight is 303 g/mol. The van der Waals surface area contributed by atoms with Crippen molar-refractivity contribution in [3.05, 3.63) is 17.5 Å². The van der Waals surface area contributed by atoms with Gasteiger partial charge in [0.05, 0.1) is 6.61 Å². The molecule has 0 N–H and O–H groups in total.